The Labute approximate surface area is 95.8 Å². The number of carbonyl (C=O) groups is 1. The summed E-state index contributed by atoms with van der Waals surface area (Å²) in [7, 11) is 1.45. The molecule has 2 atom stereocenters. The highest BCUT2D eigenvalue weighted by atomic mass is 16.5. The van der Waals surface area contributed by atoms with Crippen molar-refractivity contribution in [2.24, 2.45) is 0 Å². The van der Waals surface area contributed by atoms with Crippen LogP contribution in [0.3, 0.4) is 0 Å². The minimum absolute atomic E-state index is 0.148. The number of benzene rings is 1. The van der Waals surface area contributed by atoms with E-state index in [2.05, 4.69) is 5.32 Å². The Hall–Kier alpha value is -1.35. The van der Waals surface area contributed by atoms with E-state index in [9.17, 15) is 4.79 Å². The number of methoxy groups -OCH3 is 1. The molecule has 0 amide bonds. The van der Waals surface area contributed by atoms with Crippen molar-refractivity contribution in [3.8, 4) is 0 Å². The van der Waals surface area contributed by atoms with Crippen molar-refractivity contribution in [2.75, 3.05) is 13.7 Å². The zero-order valence-corrected chi connectivity index (χ0v) is 9.48. The fourth-order valence-electron chi connectivity index (χ4n) is 2.32. The highest BCUT2D eigenvalue weighted by molar-refractivity contribution is 5.79. The number of hydrogen-bond donors (Lipinski definition) is 1. The number of ether oxygens (including phenoxy) is 1. The van der Waals surface area contributed by atoms with E-state index in [0.717, 1.165) is 24.9 Å². The standard InChI is InChI=1S/C13H17NO2/c1-16-13(15)12(11-8-5-9-14-11)10-6-3-2-4-7-10/h2-4,6-7,11-12,14H,5,8-9H2,1H3/t11-,12-/m1/s1. The quantitative estimate of drug-likeness (QED) is 0.786. The molecule has 0 saturated carbocycles. The second-order valence-corrected chi connectivity index (χ2v) is 4.11. The summed E-state index contributed by atoms with van der Waals surface area (Å²) in [4.78, 5) is 11.8. The van der Waals surface area contributed by atoms with Crippen molar-refractivity contribution in [1.82, 2.24) is 5.32 Å². The van der Waals surface area contributed by atoms with Gasteiger partial charge in [-0.2, -0.15) is 0 Å². The van der Waals surface area contributed by atoms with E-state index in [-0.39, 0.29) is 17.9 Å². The van der Waals surface area contributed by atoms with Crippen LogP contribution in [-0.2, 0) is 9.53 Å². The predicted molar refractivity (Wildman–Crippen MR) is 62.2 cm³/mol. The highest BCUT2D eigenvalue weighted by Crippen LogP contribution is 2.26. The molecular weight excluding hydrogens is 202 g/mol. The van der Waals surface area contributed by atoms with Crippen molar-refractivity contribution in [3.63, 3.8) is 0 Å². The normalized spacial score (nSPS) is 21.7. The Kier molecular flexibility index (Phi) is 3.57. The minimum atomic E-state index is -0.173. The third kappa shape index (κ3) is 2.25. The minimum Gasteiger partial charge on any atom is -0.469 e. The van der Waals surface area contributed by atoms with Crippen molar-refractivity contribution < 1.29 is 9.53 Å². The molecule has 0 aliphatic carbocycles. The summed E-state index contributed by atoms with van der Waals surface area (Å²) in [6, 6.07) is 10.1. The van der Waals surface area contributed by atoms with Crippen LogP contribution in [0.2, 0.25) is 0 Å². The van der Waals surface area contributed by atoms with Crippen LogP contribution in [0, 0.1) is 0 Å². The van der Waals surface area contributed by atoms with Crippen LogP contribution in [-0.4, -0.2) is 25.7 Å². The van der Waals surface area contributed by atoms with Gasteiger partial charge in [0.05, 0.1) is 13.0 Å². The summed E-state index contributed by atoms with van der Waals surface area (Å²) in [5.41, 5.74) is 1.04. The first-order valence-corrected chi connectivity index (χ1v) is 5.69. The maximum Gasteiger partial charge on any atom is 0.314 e. The second-order valence-electron chi connectivity index (χ2n) is 4.11. The third-order valence-corrected chi connectivity index (χ3v) is 3.11. The molecule has 0 unspecified atom stereocenters. The number of nitrogens with one attached hydrogen (secondary N) is 1. The Morgan fingerprint density at radius 2 is 2.19 bits per heavy atom. The molecule has 86 valence electrons. The average molecular weight is 219 g/mol. The van der Waals surface area contributed by atoms with Crippen molar-refractivity contribution in [3.05, 3.63) is 35.9 Å². The van der Waals surface area contributed by atoms with Gasteiger partial charge in [0.2, 0.25) is 0 Å². The van der Waals surface area contributed by atoms with Gasteiger partial charge in [-0.3, -0.25) is 4.79 Å². The monoisotopic (exact) mass is 219 g/mol. The average Bonchev–Trinajstić information content (AvgIpc) is 2.84. The summed E-state index contributed by atoms with van der Waals surface area (Å²) in [5.74, 6) is -0.320. The fourth-order valence-corrected chi connectivity index (χ4v) is 2.32. The van der Waals surface area contributed by atoms with Gasteiger partial charge in [-0.1, -0.05) is 30.3 Å². The molecule has 1 aliphatic rings. The fraction of sp³-hybridized carbons (Fsp3) is 0.462. The molecule has 0 radical (unpaired) electrons. The lowest BCUT2D eigenvalue weighted by atomic mass is 9.90. The third-order valence-electron chi connectivity index (χ3n) is 3.11. The van der Waals surface area contributed by atoms with Gasteiger partial charge in [-0.05, 0) is 24.9 Å². The summed E-state index contributed by atoms with van der Waals surface area (Å²) in [6.07, 6.45) is 2.17. The van der Waals surface area contributed by atoms with Crippen LogP contribution in [0.25, 0.3) is 0 Å². The van der Waals surface area contributed by atoms with E-state index in [1.807, 2.05) is 30.3 Å². The van der Waals surface area contributed by atoms with Gasteiger partial charge in [0.1, 0.15) is 0 Å². The van der Waals surface area contributed by atoms with E-state index >= 15 is 0 Å². The van der Waals surface area contributed by atoms with Crippen LogP contribution < -0.4 is 5.32 Å². The number of rotatable bonds is 3. The van der Waals surface area contributed by atoms with Gasteiger partial charge in [-0.25, -0.2) is 0 Å². The Balaban J connectivity index is 2.24. The molecule has 3 heteroatoms. The topological polar surface area (TPSA) is 38.3 Å². The van der Waals surface area contributed by atoms with E-state index < -0.39 is 0 Å². The maximum absolute atomic E-state index is 11.8. The second kappa shape index (κ2) is 5.12. The number of hydrogen-bond acceptors (Lipinski definition) is 3. The molecule has 1 aromatic carbocycles. The number of esters is 1. The van der Waals surface area contributed by atoms with E-state index in [0.29, 0.717) is 0 Å². The van der Waals surface area contributed by atoms with E-state index in [1.165, 1.54) is 7.11 Å². The van der Waals surface area contributed by atoms with Crippen LogP contribution in [0.1, 0.15) is 24.3 Å². The molecule has 0 spiro atoms. The first kappa shape index (κ1) is 11.1. The predicted octanol–water partition coefficient (Wildman–Crippen LogP) is 1.70. The molecule has 1 fully saturated rings. The zero-order valence-electron chi connectivity index (χ0n) is 9.48. The van der Waals surface area contributed by atoms with Crippen LogP contribution in [0.4, 0.5) is 0 Å². The molecule has 0 aromatic heterocycles. The van der Waals surface area contributed by atoms with Crippen molar-refractivity contribution in [1.29, 1.82) is 0 Å². The molecule has 16 heavy (non-hydrogen) atoms. The summed E-state index contributed by atoms with van der Waals surface area (Å²) in [6.45, 7) is 0.991. The zero-order chi connectivity index (χ0) is 11.4. The lowest BCUT2D eigenvalue weighted by molar-refractivity contribution is -0.143. The first-order chi connectivity index (χ1) is 7.83. The summed E-state index contributed by atoms with van der Waals surface area (Å²) >= 11 is 0. The summed E-state index contributed by atoms with van der Waals surface area (Å²) < 4.78 is 4.90. The van der Waals surface area contributed by atoms with Gasteiger partial charge in [0.25, 0.3) is 0 Å². The van der Waals surface area contributed by atoms with Gasteiger partial charge in [0, 0.05) is 6.04 Å². The molecule has 1 aliphatic heterocycles. The smallest absolute Gasteiger partial charge is 0.314 e. The molecule has 1 N–H and O–H groups in total. The molecular formula is C13H17NO2. The lowest BCUT2D eigenvalue weighted by Gasteiger charge is -2.21. The van der Waals surface area contributed by atoms with Crippen molar-refractivity contribution >= 4 is 5.97 Å². The lowest BCUT2D eigenvalue weighted by Crippen LogP contribution is -2.34. The van der Waals surface area contributed by atoms with Crippen molar-refractivity contribution in [2.45, 2.75) is 24.8 Å². The maximum atomic E-state index is 11.8. The first-order valence-electron chi connectivity index (χ1n) is 5.69. The summed E-state index contributed by atoms with van der Waals surface area (Å²) in [5, 5.41) is 3.37. The molecule has 1 saturated heterocycles. The number of carbonyl (C=O) groups excluding carboxylic acids is 1. The van der Waals surface area contributed by atoms with E-state index in [4.69, 9.17) is 4.74 Å². The van der Waals surface area contributed by atoms with Crippen LogP contribution >= 0.6 is 0 Å². The Bertz CT molecular complexity index is 344. The highest BCUT2D eigenvalue weighted by Gasteiger charge is 2.32. The Morgan fingerprint density at radius 3 is 2.75 bits per heavy atom. The SMILES string of the molecule is COC(=O)[C@H](c1ccccc1)[C@H]1CCCN1. The molecule has 3 nitrogen and oxygen atoms in total. The molecule has 2 rings (SSSR count). The van der Waals surface area contributed by atoms with Crippen LogP contribution in [0.15, 0.2) is 30.3 Å². The Morgan fingerprint density at radius 1 is 1.44 bits per heavy atom. The molecule has 1 aromatic rings. The van der Waals surface area contributed by atoms with Gasteiger partial charge < -0.3 is 10.1 Å². The molecule has 1 heterocycles. The van der Waals surface area contributed by atoms with Gasteiger partial charge >= 0.3 is 5.97 Å². The largest absolute Gasteiger partial charge is 0.469 e. The van der Waals surface area contributed by atoms with Gasteiger partial charge in [0.15, 0.2) is 0 Å². The van der Waals surface area contributed by atoms with E-state index in [1.54, 1.807) is 0 Å². The van der Waals surface area contributed by atoms with Crippen LogP contribution in [0.5, 0.6) is 0 Å². The van der Waals surface area contributed by atoms with Gasteiger partial charge in [-0.15, -0.1) is 0 Å². The molecule has 0 bridgehead atoms.